The lowest BCUT2D eigenvalue weighted by atomic mass is 10.0. The Balaban J connectivity index is 2.48. The highest BCUT2D eigenvalue weighted by Crippen LogP contribution is 2.34. The lowest BCUT2D eigenvalue weighted by Gasteiger charge is -2.16. The van der Waals surface area contributed by atoms with E-state index in [1.54, 1.807) is 12.1 Å². The van der Waals surface area contributed by atoms with Gasteiger partial charge in [-0.25, -0.2) is 9.59 Å². The molecule has 0 aliphatic carbocycles. The summed E-state index contributed by atoms with van der Waals surface area (Å²) in [5.74, 6) is -2.35. The van der Waals surface area contributed by atoms with Crippen molar-refractivity contribution in [3.05, 3.63) is 41.5 Å². The summed E-state index contributed by atoms with van der Waals surface area (Å²) in [6, 6.07) is 2.19. The predicted molar refractivity (Wildman–Crippen MR) is 89.7 cm³/mol. The monoisotopic (exact) mass is 360 g/mol. The van der Waals surface area contributed by atoms with Crippen molar-refractivity contribution in [2.24, 2.45) is 0 Å². The van der Waals surface area contributed by atoms with Gasteiger partial charge in [0.05, 0.1) is 7.11 Å². The standard InChI is InChI=1S/C17H16N2O7/c1-3-4-10-5-9(6-11-15(22)18-17(24)19-16(11)23)7-12(25-2)14(10)26-8-13(20)21/h3,5-7H,1,4,8H2,2H3,(H,20,21)(H2,18,19,22,23,24). The molecule has 0 radical (unpaired) electrons. The third-order valence-corrected chi connectivity index (χ3v) is 3.33. The number of carboxylic acid groups (broad SMARTS) is 1. The Labute approximate surface area is 148 Å². The molecular weight excluding hydrogens is 344 g/mol. The van der Waals surface area contributed by atoms with Crippen molar-refractivity contribution in [1.29, 1.82) is 0 Å². The van der Waals surface area contributed by atoms with Crippen LogP contribution in [0.15, 0.2) is 30.4 Å². The molecule has 136 valence electrons. The zero-order valence-electron chi connectivity index (χ0n) is 13.8. The van der Waals surface area contributed by atoms with Crippen LogP contribution >= 0.6 is 0 Å². The van der Waals surface area contributed by atoms with Gasteiger partial charge in [0.15, 0.2) is 18.1 Å². The van der Waals surface area contributed by atoms with E-state index in [0.29, 0.717) is 17.5 Å². The summed E-state index contributed by atoms with van der Waals surface area (Å²) in [7, 11) is 1.37. The number of hydrogen-bond donors (Lipinski definition) is 3. The number of amides is 4. The van der Waals surface area contributed by atoms with Gasteiger partial charge in [0, 0.05) is 5.56 Å². The molecule has 9 heteroatoms. The lowest BCUT2D eigenvalue weighted by molar-refractivity contribution is -0.139. The molecule has 1 aliphatic rings. The van der Waals surface area contributed by atoms with Crippen LogP contribution in [0.3, 0.4) is 0 Å². The van der Waals surface area contributed by atoms with Gasteiger partial charge in [0.2, 0.25) is 0 Å². The Morgan fingerprint density at radius 2 is 1.88 bits per heavy atom. The molecule has 1 aromatic rings. The topological polar surface area (TPSA) is 131 Å². The summed E-state index contributed by atoms with van der Waals surface area (Å²) >= 11 is 0. The van der Waals surface area contributed by atoms with Crippen LogP contribution in [0.5, 0.6) is 11.5 Å². The van der Waals surface area contributed by atoms with Crippen LogP contribution in [0.4, 0.5) is 4.79 Å². The fourth-order valence-corrected chi connectivity index (χ4v) is 2.30. The molecule has 0 unspecified atom stereocenters. The Morgan fingerprint density at radius 1 is 1.23 bits per heavy atom. The van der Waals surface area contributed by atoms with E-state index in [4.69, 9.17) is 14.6 Å². The molecule has 1 saturated heterocycles. The van der Waals surface area contributed by atoms with E-state index in [0.717, 1.165) is 0 Å². The SMILES string of the molecule is C=CCc1cc(C=C2C(=O)NC(=O)NC2=O)cc(OC)c1OCC(=O)O. The van der Waals surface area contributed by atoms with Gasteiger partial charge in [-0.05, 0) is 30.2 Å². The summed E-state index contributed by atoms with van der Waals surface area (Å²) in [6.07, 6.45) is 3.20. The van der Waals surface area contributed by atoms with E-state index in [2.05, 4.69) is 6.58 Å². The van der Waals surface area contributed by atoms with Gasteiger partial charge in [-0.1, -0.05) is 6.08 Å². The number of carboxylic acids is 1. The number of methoxy groups -OCH3 is 1. The summed E-state index contributed by atoms with van der Waals surface area (Å²) in [4.78, 5) is 45.5. The van der Waals surface area contributed by atoms with E-state index in [9.17, 15) is 19.2 Å². The minimum Gasteiger partial charge on any atom is -0.493 e. The van der Waals surface area contributed by atoms with E-state index in [1.807, 2.05) is 10.6 Å². The lowest BCUT2D eigenvalue weighted by Crippen LogP contribution is -2.51. The summed E-state index contributed by atoms with van der Waals surface area (Å²) < 4.78 is 10.5. The zero-order chi connectivity index (χ0) is 19.3. The summed E-state index contributed by atoms with van der Waals surface area (Å²) in [5.41, 5.74) is 0.728. The first-order chi connectivity index (χ1) is 12.3. The molecule has 0 bridgehead atoms. The van der Waals surface area contributed by atoms with Crippen molar-refractivity contribution in [3.63, 3.8) is 0 Å². The molecule has 2 rings (SSSR count). The molecule has 1 heterocycles. The summed E-state index contributed by atoms with van der Waals surface area (Å²) in [5, 5.41) is 12.8. The number of hydrogen-bond acceptors (Lipinski definition) is 6. The number of ether oxygens (including phenoxy) is 2. The van der Waals surface area contributed by atoms with Crippen LogP contribution in [0.25, 0.3) is 6.08 Å². The van der Waals surface area contributed by atoms with Crippen molar-refractivity contribution in [3.8, 4) is 11.5 Å². The third-order valence-electron chi connectivity index (χ3n) is 3.33. The summed E-state index contributed by atoms with van der Waals surface area (Å²) in [6.45, 7) is 3.07. The van der Waals surface area contributed by atoms with Crippen LogP contribution in [0, 0.1) is 0 Å². The molecular formula is C17H16N2O7. The van der Waals surface area contributed by atoms with Crippen molar-refractivity contribution >= 4 is 29.9 Å². The van der Waals surface area contributed by atoms with Gasteiger partial charge in [-0.2, -0.15) is 0 Å². The number of barbiturate groups is 1. The van der Waals surface area contributed by atoms with E-state index < -0.39 is 30.4 Å². The molecule has 1 aliphatic heterocycles. The number of allylic oxidation sites excluding steroid dienone is 1. The van der Waals surface area contributed by atoms with Gasteiger partial charge in [0.25, 0.3) is 11.8 Å². The van der Waals surface area contributed by atoms with E-state index in [-0.39, 0.29) is 17.1 Å². The maximum Gasteiger partial charge on any atom is 0.341 e. The first kappa shape index (κ1) is 18.7. The Morgan fingerprint density at radius 3 is 2.42 bits per heavy atom. The van der Waals surface area contributed by atoms with Crippen LogP contribution in [0.1, 0.15) is 11.1 Å². The third kappa shape index (κ3) is 4.26. The fourth-order valence-electron chi connectivity index (χ4n) is 2.30. The average Bonchev–Trinajstić information content (AvgIpc) is 2.56. The number of urea groups is 1. The largest absolute Gasteiger partial charge is 0.493 e. The molecule has 0 saturated carbocycles. The molecule has 0 atom stereocenters. The number of nitrogens with one attached hydrogen (secondary N) is 2. The molecule has 4 amide bonds. The second-order valence-electron chi connectivity index (χ2n) is 5.18. The highest BCUT2D eigenvalue weighted by atomic mass is 16.5. The van der Waals surface area contributed by atoms with Gasteiger partial charge in [-0.3, -0.25) is 20.2 Å². The van der Waals surface area contributed by atoms with E-state index >= 15 is 0 Å². The minimum absolute atomic E-state index is 0.227. The second-order valence-corrected chi connectivity index (χ2v) is 5.18. The highest BCUT2D eigenvalue weighted by Gasteiger charge is 2.28. The van der Waals surface area contributed by atoms with Crippen molar-refractivity contribution in [1.82, 2.24) is 10.6 Å². The fraction of sp³-hybridized carbons (Fsp3) is 0.176. The van der Waals surface area contributed by atoms with Gasteiger partial charge < -0.3 is 14.6 Å². The first-order valence-electron chi connectivity index (χ1n) is 7.40. The average molecular weight is 360 g/mol. The molecule has 26 heavy (non-hydrogen) atoms. The first-order valence-corrected chi connectivity index (χ1v) is 7.40. The maximum atomic E-state index is 11.8. The number of imide groups is 2. The smallest absolute Gasteiger partial charge is 0.341 e. The minimum atomic E-state index is -1.15. The van der Waals surface area contributed by atoms with Crippen LogP contribution in [-0.2, 0) is 20.8 Å². The van der Waals surface area contributed by atoms with E-state index in [1.165, 1.54) is 19.3 Å². The molecule has 0 spiro atoms. The molecule has 9 nitrogen and oxygen atoms in total. The molecule has 1 fully saturated rings. The van der Waals surface area contributed by atoms with Crippen molar-refractivity contribution < 1.29 is 33.8 Å². The quantitative estimate of drug-likeness (QED) is 0.369. The second kappa shape index (κ2) is 7.97. The Kier molecular flexibility index (Phi) is 5.74. The highest BCUT2D eigenvalue weighted by molar-refractivity contribution is 6.31. The number of carbonyl (C=O) groups excluding carboxylic acids is 3. The Bertz CT molecular complexity index is 805. The van der Waals surface area contributed by atoms with Gasteiger partial charge in [0.1, 0.15) is 5.57 Å². The maximum absolute atomic E-state index is 11.8. The van der Waals surface area contributed by atoms with Crippen molar-refractivity contribution in [2.75, 3.05) is 13.7 Å². The zero-order valence-corrected chi connectivity index (χ0v) is 13.8. The van der Waals surface area contributed by atoms with Gasteiger partial charge in [-0.15, -0.1) is 6.58 Å². The number of rotatable bonds is 7. The van der Waals surface area contributed by atoms with Gasteiger partial charge >= 0.3 is 12.0 Å². The molecule has 0 aromatic heterocycles. The van der Waals surface area contributed by atoms with Crippen LogP contribution < -0.4 is 20.1 Å². The molecule has 1 aromatic carbocycles. The Hall–Kier alpha value is -3.62. The van der Waals surface area contributed by atoms with Crippen LogP contribution in [0.2, 0.25) is 0 Å². The number of aliphatic carboxylic acids is 1. The predicted octanol–water partition coefficient (Wildman–Crippen LogP) is 0.636. The normalized spacial score (nSPS) is 13.6. The number of carbonyl (C=O) groups is 4. The van der Waals surface area contributed by atoms with Crippen molar-refractivity contribution in [2.45, 2.75) is 6.42 Å². The van der Waals surface area contributed by atoms with Crippen LogP contribution in [-0.4, -0.2) is 42.6 Å². The number of benzene rings is 1. The molecule has 3 N–H and O–H groups in total.